The van der Waals surface area contributed by atoms with Gasteiger partial charge in [0.2, 0.25) is 5.91 Å². The molecule has 1 aliphatic heterocycles. The fraction of sp³-hybridized carbons (Fsp3) is 0.462. The van der Waals surface area contributed by atoms with E-state index in [9.17, 15) is 18.0 Å². The number of anilines is 1. The summed E-state index contributed by atoms with van der Waals surface area (Å²) in [7, 11) is 0. The van der Waals surface area contributed by atoms with Crippen molar-refractivity contribution in [2.45, 2.75) is 19.1 Å². The van der Waals surface area contributed by atoms with Crippen molar-refractivity contribution < 1.29 is 18.0 Å². The molecule has 0 radical (unpaired) electrons. The topological polar surface area (TPSA) is 58.4 Å². The van der Waals surface area contributed by atoms with Crippen LogP contribution in [0.4, 0.5) is 18.9 Å². The Bertz CT molecular complexity index is 516. The summed E-state index contributed by atoms with van der Waals surface area (Å²) in [4.78, 5) is 13.0. The number of hydrogen-bond acceptors (Lipinski definition) is 3. The number of nitrogens with one attached hydrogen (secondary N) is 1. The number of alkyl halides is 3. The number of rotatable bonds is 2. The Balaban J connectivity index is 2.39. The standard InChI is InChI=1S/C13H16F3N3O/c1-8-7-19(5-4-18-8)9-2-3-10(12(17)20)11(6-9)13(14,15)16/h2-3,6,8,18H,4-5,7H2,1H3,(H2,17,20). The number of carbonyl (C=O) groups excluding carboxylic acids is 1. The normalized spacial score (nSPS) is 20.0. The van der Waals surface area contributed by atoms with E-state index in [0.717, 1.165) is 12.1 Å². The lowest BCUT2D eigenvalue weighted by Crippen LogP contribution is -2.49. The predicted molar refractivity (Wildman–Crippen MR) is 69.6 cm³/mol. The van der Waals surface area contributed by atoms with E-state index in [4.69, 9.17) is 5.73 Å². The molecule has 1 unspecified atom stereocenters. The predicted octanol–water partition coefficient (Wildman–Crippen LogP) is 1.60. The van der Waals surface area contributed by atoms with Crippen molar-refractivity contribution in [3.63, 3.8) is 0 Å². The maximum absolute atomic E-state index is 13.0. The molecule has 1 heterocycles. The Morgan fingerprint density at radius 1 is 1.45 bits per heavy atom. The quantitative estimate of drug-likeness (QED) is 0.868. The highest BCUT2D eigenvalue weighted by Crippen LogP contribution is 2.34. The smallest absolute Gasteiger partial charge is 0.369 e. The van der Waals surface area contributed by atoms with Gasteiger partial charge in [-0.1, -0.05) is 0 Å². The van der Waals surface area contributed by atoms with Crippen molar-refractivity contribution in [2.75, 3.05) is 24.5 Å². The molecule has 1 atom stereocenters. The molecule has 1 aliphatic rings. The minimum Gasteiger partial charge on any atom is -0.369 e. The van der Waals surface area contributed by atoms with Gasteiger partial charge in [-0.15, -0.1) is 0 Å². The maximum atomic E-state index is 13.0. The summed E-state index contributed by atoms with van der Waals surface area (Å²) in [5.41, 5.74) is 3.98. The van der Waals surface area contributed by atoms with Crippen LogP contribution in [0, 0.1) is 0 Å². The van der Waals surface area contributed by atoms with E-state index < -0.39 is 23.2 Å². The van der Waals surface area contributed by atoms with Crippen LogP contribution in [0.1, 0.15) is 22.8 Å². The van der Waals surface area contributed by atoms with Gasteiger partial charge in [0.05, 0.1) is 11.1 Å². The number of benzene rings is 1. The first kappa shape index (κ1) is 14.6. The second-order valence-corrected chi connectivity index (χ2v) is 4.89. The molecule has 20 heavy (non-hydrogen) atoms. The fourth-order valence-electron chi connectivity index (χ4n) is 2.35. The lowest BCUT2D eigenvalue weighted by Gasteiger charge is -2.34. The van der Waals surface area contributed by atoms with Gasteiger partial charge in [0.1, 0.15) is 0 Å². The van der Waals surface area contributed by atoms with Crippen molar-refractivity contribution >= 4 is 11.6 Å². The zero-order valence-electron chi connectivity index (χ0n) is 11.0. The van der Waals surface area contributed by atoms with Gasteiger partial charge >= 0.3 is 6.18 Å². The van der Waals surface area contributed by atoms with E-state index in [0.29, 0.717) is 25.3 Å². The van der Waals surface area contributed by atoms with Crippen LogP contribution in [-0.2, 0) is 6.18 Å². The molecule has 110 valence electrons. The van der Waals surface area contributed by atoms with Crippen LogP contribution in [-0.4, -0.2) is 31.6 Å². The molecule has 1 aromatic rings. The van der Waals surface area contributed by atoms with Gasteiger partial charge in [-0.05, 0) is 25.1 Å². The molecule has 1 saturated heterocycles. The van der Waals surface area contributed by atoms with Crippen LogP contribution >= 0.6 is 0 Å². The van der Waals surface area contributed by atoms with E-state index in [2.05, 4.69) is 5.32 Å². The van der Waals surface area contributed by atoms with Gasteiger partial charge in [0.25, 0.3) is 0 Å². The highest BCUT2D eigenvalue weighted by molar-refractivity contribution is 5.95. The lowest BCUT2D eigenvalue weighted by molar-refractivity contribution is -0.137. The average molecular weight is 287 g/mol. The molecule has 0 spiro atoms. The number of nitrogens with zero attached hydrogens (tertiary/aromatic N) is 1. The molecule has 7 heteroatoms. The Morgan fingerprint density at radius 3 is 2.70 bits per heavy atom. The van der Waals surface area contributed by atoms with E-state index in [1.165, 1.54) is 6.07 Å². The van der Waals surface area contributed by atoms with Gasteiger partial charge in [0.15, 0.2) is 0 Å². The number of halogens is 3. The number of amides is 1. The highest BCUT2D eigenvalue weighted by Gasteiger charge is 2.35. The van der Waals surface area contributed by atoms with Crippen LogP contribution < -0.4 is 16.0 Å². The van der Waals surface area contributed by atoms with Gasteiger partial charge in [0, 0.05) is 31.4 Å². The summed E-state index contributed by atoms with van der Waals surface area (Å²) in [6.45, 7) is 3.92. The van der Waals surface area contributed by atoms with Gasteiger partial charge in [-0.2, -0.15) is 13.2 Å². The minimum absolute atomic E-state index is 0.203. The van der Waals surface area contributed by atoms with Crippen LogP contribution in [0.3, 0.4) is 0 Å². The highest BCUT2D eigenvalue weighted by atomic mass is 19.4. The van der Waals surface area contributed by atoms with Crippen LogP contribution in [0.2, 0.25) is 0 Å². The molecular weight excluding hydrogens is 271 g/mol. The Hall–Kier alpha value is -1.76. The van der Waals surface area contributed by atoms with E-state index in [-0.39, 0.29) is 6.04 Å². The summed E-state index contributed by atoms with van der Waals surface area (Å²) in [5.74, 6) is -1.07. The van der Waals surface area contributed by atoms with E-state index in [1.54, 1.807) is 0 Å². The zero-order chi connectivity index (χ0) is 14.9. The third-order valence-corrected chi connectivity index (χ3v) is 3.31. The largest absolute Gasteiger partial charge is 0.417 e. The van der Waals surface area contributed by atoms with Crippen LogP contribution in [0.5, 0.6) is 0 Å². The fourth-order valence-corrected chi connectivity index (χ4v) is 2.35. The molecule has 1 amide bonds. The monoisotopic (exact) mass is 287 g/mol. The third-order valence-electron chi connectivity index (χ3n) is 3.31. The summed E-state index contributed by atoms with van der Waals surface area (Å²) >= 11 is 0. The molecule has 0 aromatic heterocycles. The average Bonchev–Trinajstić information content (AvgIpc) is 2.37. The van der Waals surface area contributed by atoms with Crippen molar-refractivity contribution in [3.8, 4) is 0 Å². The summed E-state index contributed by atoms with van der Waals surface area (Å²) in [5, 5.41) is 3.22. The minimum atomic E-state index is -4.60. The third kappa shape index (κ3) is 3.04. The Kier molecular flexibility index (Phi) is 3.89. The first-order valence-electron chi connectivity index (χ1n) is 6.28. The molecule has 0 saturated carbocycles. The number of carbonyl (C=O) groups is 1. The van der Waals surface area contributed by atoms with Crippen molar-refractivity contribution in [2.24, 2.45) is 5.73 Å². The molecule has 4 nitrogen and oxygen atoms in total. The summed E-state index contributed by atoms with van der Waals surface area (Å²) < 4.78 is 39.0. The van der Waals surface area contributed by atoms with Crippen LogP contribution in [0.25, 0.3) is 0 Å². The van der Waals surface area contributed by atoms with Crippen LogP contribution in [0.15, 0.2) is 18.2 Å². The lowest BCUT2D eigenvalue weighted by atomic mass is 10.0. The molecule has 0 aliphatic carbocycles. The molecule has 1 fully saturated rings. The number of nitrogens with two attached hydrogens (primary N) is 1. The molecule has 1 aromatic carbocycles. The molecule has 2 rings (SSSR count). The van der Waals surface area contributed by atoms with Gasteiger partial charge in [-0.25, -0.2) is 0 Å². The van der Waals surface area contributed by atoms with Crippen molar-refractivity contribution in [1.29, 1.82) is 0 Å². The molecular formula is C13H16F3N3O. The maximum Gasteiger partial charge on any atom is 0.417 e. The second kappa shape index (κ2) is 5.32. The van der Waals surface area contributed by atoms with E-state index in [1.807, 2.05) is 11.8 Å². The number of piperazine rings is 1. The summed E-state index contributed by atoms with van der Waals surface area (Å²) in [6, 6.07) is 3.85. The Labute approximate surface area is 114 Å². The first-order chi connectivity index (χ1) is 9.29. The van der Waals surface area contributed by atoms with Crippen molar-refractivity contribution in [3.05, 3.63) is 29.3 Å². The number of primary amides is 1. The first-order valence-corrected chi connectivity index (χ1v) is 6.28. The molecule has 3 N–H and O–H groups in total. The SMILES string of the molecule is CC1CN(c2ccc(C(N)=O)c(C(F)(F)F)c2)CCN1. The second-order valence-electron chi connectivity index (χ2n) is 4.89. The van der Waals surface area contributed by atoms with Crippen molar-refractivity contribution in [1.82, 2.24) is 5.32 Å². The molecule has 0 bridgehead atoms. The van der Waals surface area contributed by atoms with Gasteiger partial charge < -0.3 is 16.0 Å². The Morgan fingerprint density at radius 2 is 2.15 bits per heavy atom. The summed E-state index contributed by atoms with van der Waals surface area (Å²) in [6.07, 6.45) is -4.60. The van der Waals surface area contributed by atoms with Gasteiger partial charge in [-0.3, -0.25) is 4.79 Å². The zero-order valence-corrected chi connectivity index (χ0v) is 11.0. The van der Waals surface area contributed by atoms with E-state index >= 15 is 0 Å². The number of hydrogen-bond donors (Lipinski definition) is 2.